The summed E-state index contributed by atoms with van der Waals surface area (Å²) in [5.41, 5.74) is 2.31. The molecule has 1 heterocycles. The molecule has 4 heteroatoms. The lowest BCUT2D eigenvalue weighted by Gasteiger charge is -2.28. The molecule has 96 valence electrons. The van der Waals surface area contributed by atoms with Gasteiger partial charge < -0.3 is 14.4 Å². The molecule has 2 rings (SSSR count). The quantitative estimate of drug-likeness (QED) is 0.764. The van der Waals surface area contributed by atoms with Crippen LogP contribution in [0.2, 0.25) is 0 Å². The Morgan fingerprint density at radius 2 is 1.89 bits per heavy atom. The Kier molecular flexibility index (Phi) is 3.55. The zero-order valence-electron chi connectivity index (χ0n) is 10.7. The average molecular weight is 247 g/mol. The first-order valence-corrected chi connectivity index (χ1v) is 5.84. The Bertz CT molecular complexity index is 482. The van der Waals surface area contributed by atoms with Crippen LogP contribution in [0, 0.1) is 0 Å². The van der Waals surface area contributed by atoms with Gasteiger partial charge in [-0.1, -0.05) is 6.58 Å². The maximum Gasteiger partial charge on any atom is 0.246 e. The predicted molar refractivity (Wildman–Crippen MR) is 68.9 cm³/mol. The average Bonchev–Trinajstić information content (AvgIpc) is 2.44. The molecule has 1 aliphatic rings. The fraction of sp³-hybridized carbons (Fsp3) is 0.357. The third-order valence-corrected chi connectivity index (χ3v) is 3.20. The summed E-state index contributed by atoms with van der Waals surface area (Å²) in [5.74, 6) is 1.40. The lowest BCUT2D eigenvalue weighted by molar-refractivity contribution is -0.126. The number of carbonyl (C=O) groups is 1. The van der Waals surface area contributed by atoms with Gasteiger partial charge in [0, 0.05) is 13.1 Å². The minimum absolute atomic E-state index is 0.0320. The summed E-state index contributed by atoms with van der Waals surface area (Å²) in [7, 11) is 3.24. The molecule has 0 N–H and O–H groups in total. The van der Waals surface area contributed by atoms with E-state index in [4.69, 9.17) is 9.47 Å². The number of amides is 1. The lowest BCUT2D eigenvalue weighted by atomic mass is 9.98. The van der Waals surface area contributed by atoms with E-state index in [9.17, 15) is 4.79 Å². The largest absolute Gasteiger partial charge is 0.493 e. The number of hydrogen-bond acceptors (Lipinski definition) is 3. The molecule has 0 saturated carbocycles. The van der Waals surface area contributed by atoms with Crippen LogP contribution in [0.15, 0.2) is 24.8 Å². The fourth-order valence-corrected chi connectivity index (χ4v) is 2.20. The van der Waals surface area contributed by atoms with E-state index < -0.39 is 0 Å². The Balaban J connectivity index is 2.32. The van der Waals surface area contributed by atoms with Gasteiger partial charge in [-0.3, -0.25) is 4.79 Å². The zero-order chi connectivity index (χ0) is 13.1. The van der Waals surface area contributed by atoms with Gasteiger partial charge in [-0.25, -0.2) is 0 Å². The molecule has 0 aromatic heterocycles. The molecular formula is C14H17NO3. The van der Waals surface area contributed by atoms with E-state index in [-0.39, 0.29) is 5.91 Å². The van der Waals surface area contributed by atoms with Crippen LogP contribution in [0.1, 0.15) is 11.1 Å². The van der Waals surface area contributed by atoms with Crippen LogP contribution >= 0.6 is 0 Å². The summed E-state index contributed by atoms with van der Waals surface area (Å²) in [6.45, 7) is 4.83. The minimum atomic E-state index is -0.0320. The Morgan fingerprint density at radius 1 is 1.28 bits per heavy atom. The van der Waals surface area contributed by atoms with Gasteiger partial charge in [0.05, 0.1) is 14.2 Å². The number of nitrogens with zero attached hydrogens (tertiary/aromatic N) is 1. The van der Waals surface area contributed by atoms with Gasteiger partial charge in [-0.2, -0.15) is 0 Å². The predicted octanol–water partition coefficient (Wildman–Crippen LogP) is 1.77. The standard InChI is InChI=1S/C14H17NO3/c1-4-14(16)15-6-5-10-7-12(17-2)13(18-3)8-11(10)9-15/h4,7-8H,1,5-6,9H2,2-3H3. The van der Waals surface area contributed by atoms with Crippen LogP contribution in [0.5, 0.6) is 11.5 Å². The smallest absolute Gasteiger partial charge is 0.246 e. The van der Waals surface area contributed by atoms with Crippen molar-refractivity contribution in [2.75, 3.05) is 20.8 Å². The van der Waals surface area contributed by atoms with Gasteiger partial charge in [0.2, 0.25) is 5.91 Å². The van der Waals surface area contributed by atoms with Crippen LogP contribution in [0.3, 0.4) is 0 Å². The van der Waals surface area contributed by atoms with Crippen molar-refractivity contribution in [3.8, 4) is 11.5 Å². The summed E-state index contributed by atoms with van der Waals surface area (Å²) in [6, 6.07) is 3.93. The highest BCUT2D eigenvalue weighted by molar-refractivity contribution is 5.87. The number of rotatable bonds is 3. The van der Waals surface area contributed by atoms with E-state index >= 15 is 0 Å². The molecule has 0 bridgehead atoms. The number of carbonyl (C=O) groups excluding carboxylic acids is 1. The molecule has 0 spiro atoms. The van der Waals surface area contributed by atoms with Crippen molar-refractivity contribution in [3.05, 3.63) is 35.9 Å². The van der Waals surface area contributed by atoms with Crippen molar-refractivity contribution in [1.29, 1.82) is 0 Å². The second-order valence-electron chi connectivity index (χ2n) is 4.19. The van der Waals surface area contributed by atoms with Crippen LogP contribution in [0.25, 0.3) is 0 Å². The second kappa shape index (κ2) is 5.12. The molecule has 0 atom stereocenters. The van der Waals surface area contributed by atoms with Gasteiger partial charge in [0.1, 0.15) is 0 Å². The summed E-state index contributed by atoms with van der Waals surface area (Å²) in [4.78, 5) is 13.4. The molecule has 1 aromatic carbocycles. The van der Waals surface area contributed by atoms with E-state index in [1.54, 1.807) is 19.1 Å². The van der Waals surface area contributed by atoms with Gasteiger partial charge in [-0.15, -0.1) is 0 Å². The molecule has 0 aliphatic carbocycles. The highest BCUT2D eigenvalue weighted by atomic mass is 16.5. The third kappa shape index (κ3) is 2.18. The normalized spacial score (nSPS) is 13.8. The molecule has 18 heavy (non-hydrogen) atoms. The van der Waals surface area contributed by atoms with Gasteiger partial charge in [-0.05, 0) is 35.8 Å². The minimum Gasteiger partial charge on any atom is -0.493 e. The van der Waals surface area contributed by atoms with Gasteiger partial charge in [0.15, 0.2) is 11.5 Å². The molecular weight excluding hydrogens is 230 g/mol. The maximum absolute atomic E-state index is 11.6. The molecule has 0 unspecified atom stereocenters. The summed E-state index contributed by atoms with van der Waals surface area (Å²) in [6.07, 6.45) is 2.18. The molecule has 1 aromatic rings. The summed E-state index contributed by atoms with van der Waals surface area (Å²) >= 11 is 0. The van der Waals surface area contributed by atoms with Crippen molar-refractivity contribution < 1.29 is 14.3 Å². The van der Waals surface area contributed by atoms with Crippen molar-refractivity contribution >= 4 is 5.91 Å². The van der Waals surface area contributed by atoms with Gasteiger partial charge in [0.25, 0.3) is 0 Å². The lowest BCUT2D eigenvalue weighted by Crippen LogP contribution is -2.34. The number of hydrogen-bond donors (Lipinski definition) is 0. The highest BCUT2D eigenvalue weighted by Crippen LogP contribution is 2.33. The number of fused-ring (bicyclic) bond motifs is 1. The maximum atomic E-state index is 11.6. The molecule has 0 saturated heterocycles. The molecule has 0 fully saturated rings. The third-order valence-electron chi connectivity index (χ3n) is 3.20. The molecule has 1 aliphatic heterocycles. The van der Waals surface area contributed by atoms with Crippen LogP contribution in [0.4, 0.5) is 0 Å². The van der Waals surface area contributed by atoms with Crippen molar-refractivity contribution in [3.63, 3.8) is 0 Å². The molecule has 4 nitrogen and oxygen atoms in total. The van der Waals surface area contributed by atoms with E-state index in [1.807, 2.05) is 12.1 Å². The van der Waals surface area contributed by atoms with E-state index in [1.165, 1.54) is 11.6 Å². The second-order valence-corrected chi connectivity index (χ2v) is 4.19. The topological polar surface area (TPSA) is 38.8 Å². The van der Waals surface area contributed by atoms with Crippen LogP contribution < -0.4 is 9.47 Å². The highest BCUT2D eigenvalue weighted by Gasteiger charge is 2.21. The first-order chi connectivity index (χ1) is 8.69. The van der Waals surface area contributed by atoms with Crippen molar-refractivity contribution in [2.24, 2.45) is 0 Å². The monoisotopic (exact) mass is 247 g/mol. The summed E-state index contributed by atoms with van der Waals surface area (Å²) in [5, 5.41) is 0. The first-order valence-electron chi connectivity index (χ1n) is 5.84. The van der Waals surface area contributed by atoms with E-state index in [0.717, 1.165) is 17.7 Å². The molecule has 1 amide bonds. The Morgan fingerprint density at radius 3 is 2.44 bits per heavy atom. The number of benzene rings is 1. The number of methoxy groups -OCH3 is 2. The van der Waals surface area contributed by atoms with Crippen molar-refractivity contribution in [1.82, 2.24) is 4.90 Å². The SMILES string of the molecule is C=CC(=O)N1CCc2cc(OC)c(OC)cc2C1. The van der Waals surface area contributed by atoms with E-state index in [0.29, 0.717) is 18.8 Å². The number of ether oxygens (including phenoxy) is 2. The van der Waals surface area contributed by atoms with Crippen LogP contribution in [-0.2, 0) is 17.8 Å². The fourth-order valence-electron chi connectivity index (χ4n) is 2.20. The first kappa shape index (κ1) is 12.5. The molecule has 0 radical (unpaired) electrons. The zero-order valence-corrected chi connectivity index (χ0v) is 10.7. The van der Waals surface area contributed by atoms with E-state index in [2.05, 4.69) is 6.58 Å². The van der Waals surface area contributed by atoms with Crippen LogP contribution in [-0.4, -0.2) is 31.6 Å². The Labute approximate surface area is 107 Å². The van der Waals surface area contributed by atoms with Crippen molar-refractivity contribution in [2.45, 2.75) is 13.0 Å². The van der Waals surface area contributed by atoms with Gasteiger partial charge >= 0.3 is 0 Å². The Hall–Kier alpha value is -1.97. The summed E-state index contributed by atoms with van der Waals surface area (Å²) < 4.78 is 10.6.